The Labute approximate surface area is 120 Å². The standard InChI is InChI=1S/C14H26N2O4/c1-8(2)12(15-9(3)17)13(20)16-10(7-11(18)19)14(4,5)6/h8,10,12H,7H2,1-6H3,(H,15,17)(H,16,20)(H,18,19). The van der Waals surface area contributed by atoms with Gasteiger partial charge in [0.05, 0.1) is 6.42 Å². The minimum absolute atomic E-state index is 0.0793. The molecule has 0 saturated heterocycles. The van der Waals surface area contributed by atoms with Crippen molar-refractivity contribution in [3.05, 3.63) is 0 Å². The van der Waals surface area contributed by atoms with Crippen molar-refractivity contribution >= 4 is 17.8 Å². The minimum Gasteiger partial charge on any atom is -0.481 e. The molecule has 0 aliphatic heterocycles. The Morgan fingerprint density at radius 2 is 1.60 bits per heavy atom. The highest BCUT2D eigenvalue weighted by Gasteiger charge is 2.32. The lowest BCUT2D eigenvalue weighted by Crippen LogP contribution is -2.54. The van der Waals surface area contributed by atoms with Gasteiger partial charge in [0.25, 0.3) is 0 Å². The molecular weight excluding hydrogens is 260 g/mol. The number of nitrogens with one attached hydrogen (secondary N) is 2. The number of rotatable bonds is 6. The van der Waals surface area contributed by atoms with Gasteiger partial charge in [0, 0.05) is 13.0 Å². The van der Waals surface area contributed by atoms with Gasteiger partial charge in [-0.3, -0.25) is 14.4 Å². The fourth-order valence-electron chi connectivity index (χ4n) is 1.76. The maximum absolute atomic E-state index is 12.2. The van der Waals surface area contributed by atoms with Gasteiger partial charge < -0.3 is 15.7 Å². The molecule has 0 heterocycles. The Morgan fingerprint density at radius 1 is 1.10 bits per heavy atom. The van der Waals surface area contributed by atoms with E-state index in [2.05, 4.69) is 10.6 Å². The molecule has 0 bridgehead atoms. The first-order valence-corrected chi connectivity index (χ1v) is 6.74. The molecule has 2 amide bonds. The summed E-state index contributed by atoms with van der Waals surface area (Å²) in [6.45, 7) is 10.6. The highest BCUT2D eigenvalue weighted by molar-refractivity contribution is 5.87. The normalized spacial score (nSPS) is 14.6. The van der Waals surface area contributed by atoms with Gasteiger partial charge in [0.1, 0.15) is 6.04 Å². The van der Waals surface area contributed by atoms with Gasteiger partial charge in [0.15, 0.2) is 0 Å². The Morgan fingerprint density at radius 3 is 1.90 bits per heavy atom. The van der Waals surface area contributed by atoms with Gasteiger partial charge in [-0.2, -0.15) is 0 Å². The maximum atomic E-state index is 12.2. The molecule has 0 aromatic heterocycles. The molecule has 0 radical (unpaired) electrons. The summed E-state index contributed by atoms with van der Waals surface area (Å²) in [5.74, 6) is -1.68. The van der Waals surface area contributed by atoms with Gasteiger partial charge >= 0.3 is 5.97 Å². The van der Waals surface area contributed by atoms with Crippen molar-refractivity contribution in [1.29, 1.82) is 0 Å². The molecule has 0 aromatic carbocycles. The van der Waals surface area contributed by atoms with Gasteiger partial charge in [-0.1, -0.05) is 34.6 Å². The zero-order chi connectivity index (χ0) is 16.1. The van der Waals surface area contributed by atoms with Crippen LogP contribution in [0.15, 0.2) is 0 Å². The van der Waals surface area contributed by atoms with E-state index in [4.69, 9.17) is 5.11 Å². The largest absolute Gasteiger partial charge is 0.481 e. The molecule has 0 rings (SSSR count). The first kappa shape index (κ1) is 18.4. The number of carboxylic acids is 1. The van der Waals surface area contributed by atoms with Crippen molar-refractivity contribution in [1.82, 2.24) is 10.6 Å². The summed E-state index contributed by atoms with van der Waals surface area (Å²) >= 11 is 0. The molecule has 0 aliphatic carbocycles. The van der Waals surface area contributed by atoms with Crippen LogP contribution >= 0.6 is 0 Å². The molecule has 0 aliphatic rings. The summed E-state index contributed by atoms with van der Waals surface area (Å²) < 4.78 is 0. The molecule has 2 unspecified atom stereocenters. The van der Waals surface area contributed by atoms with Crippen molar-refractivity contribution in [2.24, 2.45) is 11.3 Å². The second kappa shape index (κ2) is 7.26. The zero-order valence-electron chi connectivity index (χ0n) is 13.1. The van der Waals surface area contributed by atoms with Gasteiger partial charge in [-0.05, 0) is 11.3 Å². The Balaban J connectivity index is 4.96. The summed E-state index contributed by atoms with van der Waals surface area (Å²) in [6.07, 6.45) is -0.153. The van der Waals surface area contributed by atoms with Crippen molar-refractivity contribution in [2.45, 2.75) is 60.0 Å². The number of aliphatic carboxylic acids is 1. The van der Waals surface area contributed by atoms with E-state index >= 15 is 0 Å². The fraction of sp³-hybridized carbons (Fsp3) is 0.786. The highest BCUT2D eigenvalue weighted by Crippen LogP contribution is 2.22. The molecule has 6 heteroatoms. The topological polar surface area (TPSA) is 95.5 Å². The summed E-state index contributed by atoms with van der Waals surface area (Å²) in [4.78, 5) is 34.3. The van der Waals surface area contributed by atoms with Crippen LogP contribution in [0.2, 0.25) is 0 Å². The summed E-state index contributed by atoms with van der Waals surface area (Å²) in [5, 5.41) is 14.3. The van der Waals surface area contributed by atoms with E-state index in [0.29, 0.717) is 0 Å². The van der Waals surface area contributed by atoms with Crippen molar-refractivity contribution < 1.29 is 19.5 Å². The predicted molar refractivity (Wildman–Crippen MR) is 76.1 cm³/mol. The van der Waals surface area contributed by atoms with Crippen LogP contribution in [-0.2, 0) is 14.4 Å². The van der Waals surface area contributed by atoms with Gasteiger partial charge in [-0.25, -0.2) is 0 Å². The first-order chi connectivity index (χ1) is 8.95. The summed E-state index contributed by atoms with van der Waals surface area (Å²) in [5.41, 5.74) is -0.383. The molecule has 2 atom stereocenters. The van der Waals surface area contributed by atoms with E-state index in [1.807, 2.05) is 34.6 Å². The van der Waals surface area contributed by atoms with E-state index in [1.54, 1.807) is 0 Å². The molecule has 3 N–H and O–H groups in total. The molecule has 0 saturated carbocycles. The van der Waals surface area contributed by atoms with Crippen molar-refractivity contribution in [3.8, 4) is 0 Å². The second-order valence-corrected chi connectivity index (χ2v) is 6.45. The number of amides is 2. The third kappa shape index (κ3) is 6.54. The molecule has 0 spiro atoms. The predicted octanol–water partition coefficient (Wildman–Crippen LogP) is 1.15. The van der Waals surface area contributed by atoms with Gasteiger partial charge in [0.2, 0.25) is 11.8 Å². The van der Waals surface area contributed by atoms with E-state index in [9.17, 15) is 14.4 Å². The third-order valence-corrected chi connectivity index (χ3v) is 3.05. The average Bonchev–Trinajstić information content (AvgIpc) is 2.22. The van der Waals surface area contributed by atoms with Crippen LogP contribution in [0.3, 0.4) is 0 Å². The number of carbonyl (C=O) groups is 3. The van der Waals surface area contributed by atoms with E-state index in [-0.39, 0.29) is 29.6 Å². The Kier molecular flexibility index (Phi) is 6.68. The molecule has 6 nitrogen and oxygen atoms in total. The lowest BCUT2D eigenvalue weighted by molar-refractivity contribution is -0.139. The number of hydrogen-bond donors (Lipinski definition) is 3. The third-order valence-electron chi connectivity index (χ3n) is 3.05. The average molecular weight is 286 g/mol. The van der Waals surface area contributed by atoms with Crippen LogP contribution < -0.4 is 10.6 Å². The SMILES string of the molecule is CC(=O)NC(C(=O)NC(CC(=O)O)C(C)(C)C)C(C)C. The molecule has 20 heavy (non-hydrogen) atoms. The molecule has 0 aromatic rings. The fourth-order valence-corrected chi connectivity index (χ4v) is 1.76. The van der Waals surface area contributed by atoms with Crippen molar-refractivity contribution in [3.63, 3.8) is 0 Å². The second-order valence-electron chi connectivity index (χ2n) is 6.45. The van der Waals surface area contributed by atoms with Crippen LogP contribution in [0.4, 0.5) is 0 Å². The van der Waals surface area contributed by atoms with Crippen LogP contribution in [-0.4, -0.2) is 35.0 Å². The lowest BCUT2D eigenvalue weighted by atomic mass is 9.84. The van der Waals surface area contributed by atoms with Crippen LogP contribution in [0.1, 0.15) is 48.0 Å². The number of carbonyl (C=O) groups excluding carboxylic acids is 2. The van der Waals surface area contributed by atoms with E-state index < -0.39 is 18.1 Å². The van der Waals surface area contributed by atoms with Gasteiger partial charge in [-0.15, -0.1) is 0 Å². The van der Waals surface area contributed by atoms with E-state index in [0.717, 1.165) is 0 Å². The van der Waals surface area contributed by atoms with E-state index in [1.165, 1.54) is 6.92 Å². The first-order valence-electron chi connectivity index (χ1n) is 6.74. The Bertz CT molecular complexity index is 372. The molecule has 116 valence electrons. The maximum Gasteiger partial charge on any atom is 0.305 e. The Hall–Kier alpha value is -1.59. The van der Waals surface area contributed by atoms with Crippen LogP contribution in [0.25, 0.3) is 0 Å². The zero-order valence-corrected chi connectivity index (χ0v) is 13.1. The highest BCUT2D eigenvalue weighted by atomic mass is 16.4. The lowest BCUT2D eigenvalue weighted by Gasteiger charge is -2.32. The molecule has 0 fully saturated rings. The van der Waals surface area contributed by atoms with Crippen LogP contribution in [0, 0.1) is 11.3 Å². The monoisotopic (exact) mass is 286 g/mol. The minimum atomic E-state index is -0.967. The quantitative estimate of drug-likeness (QED) is 0.682. The summed E-state index contributed by atoms with van der Waals surface area (Å²) in [7, 11) is 0. The number of carboxylic acid groups (broad SMARTS) is 1. The van der Waals surface area contributed by atoms with Crippen molar-refractivity contribution in [2.75, 3.05) is 0 Å². The number of hydrogen-bond acceptors (Lipinski definition) is 3. The van der Waals surface area contributed by atoms with Crippen LogP contribution in [0.5, 0.6) is 0 Å². The summed E-state index contributed by atoms with van der Waals surface area (Å²) in [6, 6.07) is -1.16. The smallest absolute Gasteiger partial charge is 0.305 e. The molecular formula is C14H26N2O4.